The van der Waals surface area contributed by atoms with Gasteiger partial charge in [-0.3, -0.25) is 0 Å². The van der Waals surface area contributed by atoms with Crippen LogP contribution in [-0.4, -0.2) is 11.0 Å². The summed E-state index contributed by atoms with van der Waals surface area (Å²) in [6.45, 7) is 0. The molecule has 2 aromatic rings. The third-order valence-electron chi connectivity index (χ3n) is 1.87. The van der Waals surface area contributed by atoms with E-state index in [4.69, 9.17) is 16.0 Å². The standard InChI is InChI=1S/C11H8ClNO2/c12-9-3-5-10(6-4-9)13(14)8-11-2-1-7-15-11/h1-8H. The first-order chi connectivity index (χ1) is 7.25. The highest BCUT2D eigenvalue weighted by atomic mass is 35.5. The first kappa shape index (κ1) is 9.80. The van der Waals surface area contributed by atoms with Crippen molar-refractivity contribution in [2.75, 3.05) is 0 Å². The second-order valence-electron chi connectivity index (χ2n) is 2.95. The first-order valence-corrected chi connectivity index (χ1v) is 4.74. The van der Waals surface area contributed by atoms with Gasteiger partial charge in [0.1, 0.15) is 0 Å². The Balaban J connectivity index is 2.28. The molecule has 4 heteroatoms. The zero-order chi connectivity index (χ0) is 10.7. The van der Waals surface area contributed by atoms with Crippen LogP contribution in [0, 0.1) is 5.21 Å². The van der Waals surface area contributed by atoms with E-state index in [1.54, 1.807) is 36.4 Å². The molecule has 0 spiro atoms. The van der Waals surface area contributed by atoms with Gasteiger partial charge in [0.2, 0.25) is 11.9 Å². The maximum Gasteiger partial charge on any atom is 0.223 e. The number of rotatable bonds is 2. The monoisotopic (exact) mass is 221 g/mol. The van der Waals surface area contributed by atoms with Crippen LogP contribution in [-0.2, 0) is 0 Å². The molecule has 15 heavy (non-hydrogen) atoms. The van der Waals surface area contributed by atoms with Crippen molar-refractivity contribution in [2.24, 2.45) is 0 Å². The van der Waals surface area contributed by atoms with Gasteiger partial charge >= 0.3 is 0 Å². The van der Waals surface area contributed by atoms with Crippen LogP contribution in [0.4, 0.5) is 5.69 Å². The van der Waals surface area contributed by atoms with E-state index in [0.29, 0.717) is 16.5 Å². The van der Waals surface area contributed by atoms with Gasteiger partial charge in [-0.05, 0) is 24.3 Å². The number of furan rings is 1. The minimum Gasteiger partial charge on any atom is -0.618 e. The van der Waals surface area contributed by atoms with Gasteiger partial charge in [0, 0.05) is 17.2 Å². The minimum atomic E-state index is 0.510. The third-order valence-corrected chi connectivity index (χ3v) is 2.12. The fourth-order valence-electron chi connectivity index (χ4n) is 1.14. The average Bonchev–Trinajstić information content (AvgIpc) is 2.71. The van der Waals surface area contributed by atoms with Gasteiger partial charge in [-0.25, -0.2) is 0 Å². The lowest BCUT2D eigenvalue weighted by molar-refractivity contribution is -0.354. The number of nitrogens with zero attached hydrogens (tertiary/aromatic N) is 1. The molecule has 0 radical (unpaired) electrons. The summed E-state index contributed by atoms with van der Waals surface area (Å²) in [7, 11) is 0. The Hall–Kier alpha value is -1.74. The largest absolute Gasteiger partial charge is 0.618 e. The van der Waals surface area contributed by atoms with Gasteiger partial charge in [0.15, 0.2) is 5.76 Å². The van der Waals surface area contributed by atoms with Crippen molar-refractivity contribution in [2.45, 2.75) is 0 Å². The second-order valence-corrected chi connectivity index (χ2v) is 3.38. The number of hydrogen-bond donors (Lipinski definition) is 0. The zero-order valence-corrected chi connectivity index (χ0v) is 8.52. The zero-order valence-electron chi connectivity index (χ0n) is 7.76. The van der Waals surface area contributed by atoms with Crippen LogP contribution >= 0.6 is 11.6 Å². The first-order valence-electron chi connectivity index (χ1n) is 4.36. The predicted molar refractivity (Wildman–Crippen MR) is 58.6 cm³/mol. The molecule has 0 fully saturated rings. The van der Waals surface area contributed by atoms with Gasteiger partial charge in [-0.2, -0.15) is 4.74 Å². The van der Waals surface area contributed by atoms with Crippen molar-refractivity contribution < 1.29 is 9.16 Å². The Morgan fingerprint density at radius 2 is 1.93 bits per heavy atom. The molecule has 0 aliphatic carbocycles. The normalized spacial score (nSPS) is 11.7. The summed E-state index contributed by atoms with van der Waals surface area (Å²) < 4.78 is 5.76. The van der Waals surface area contributed by atoms with Crippen LogP contribution in [0.15, 0.2) is 47.1 Å². The van der Waals surface area contributed by atoms with E-state index < -0.39 is 0 Å². The van der Waals surface area contributed by atoms with Crippen molar-refractivity contribution >= 4 is 23.5 Å². The van der Waals surface area contributed by atoms with E-state index in [1.165, 1.54) is 12.5 Å². The van der Waals surface area contributed by atoms with Gasteiger partial charge in [0.05, 0.1) is 6.26 Å². The molecule has 0 atom stereocenters. The second kappa shape index (κ2) is 4.19. The summed E-state index contributed by atoms with van der Waals surface area (Å²) in [4.78, 5) is 0. The molecule has 2 rings (SSSR count). The Labute approximate surface area is 91.8 Å². The van der Waals surface area contributed by atoms with Crippen LogP contribution in [0.5, 0.6) is 0 Å². The molecule has 0 amide bonds. The lowest BCUT2D eigenvalue weighted by atomic mass is 10.3. The summed E-state index contributed by atoms with van der Waals surface area (Å²) in [6, 6.07) is 10.1. The van der Waals surface area contributed by atoms with Gasteiger partial charge in [-0.1, -0.05) is 11.6 Å². The summed E-state index contributed by atoms with van der Waals surface area (Å²) in [5.74, 6) is 0.514. The maximum atomic E-state index is 11.6. The molecule has 1 aromatic carbocycles. The molecule has 0 aliphatic heterocycles. The summed E-state index contributed by atoms with van der Waals surface area (Å²) in [5, 5.41) is 12.2. The number of hydrogen-bond acceptors (Lipinski definition) is 2. The van der Waals surface area contributed by atoms with Crippen molar-refractivity contribution in [3.05, 3.63) is 58.7 Å². The van der Waals surface area contributed by atoms with Crippen LogP contribution < -0.4 is 0 Å². The van der Waals surface area contributed by atoms with Crippen LogP contribution in [0.25, 0.3) is 0 Å². The van der Waals surface area contributed by atoms with Gasteiger partial charge in [-0.15, -0.1) is 0 Å². The minimum absolute atomic E-state index is 0.510. The molecule has 0 bridgehead atoms. The predicted octanol–water partition coefficient (Wildman–Crippen LogP) is 3.19. The van der Waals surface area contributed by atoms with E-state index in [9.17, 15) is 5.21 Å². The Kier molecular flexibility index (Phi) is 2.74. The lowest BCUT2D eigenvalue weighted by Crippen LogP contribution is -1.97. The van der Waals surface area contributed by atoms with E-state index in [-0.39, 0.29) is 0 Å². The lowest BCUT2D eigenvalue weighted by Gasteiger charge is -2.01. The highest BCUT2D eigenvalue weighted by Gasteiger charge is 2.02. The van der Waals surface area contributed by atoms with Crippen molar-refractivity contribution in [1.82, 2.24) is 0 Å². The van der Waals surface area contributed by atoms with E-state index in [2.05, 4.69) is 0 Å². The maximum absolute atomic E-state index is 11.6. The Morgan fingerprint density at radius 1 is 1.20 bits per heavy atom. The van der Waals surface area contributed by atoms with Crippen molar-refractivity contribution in [3.63, 3.8) is 0 Å². The van der Waals surface area contributed by atoms with Gasteiger partial charge in [0.25, 0.3) is 0 Å². The van der Waals surface area contributed by atoms with E-state index in [1.807, 2.05) is 0 Å². The average molecular weight is 222 g/mol. The van der Waals surface area contributed by atoms with Crippen LogP contribution in [0.3, 0.4) is 0 Å². The molecular formula is C11H8ClNO2. The SMILES string of the molecule is [O-][N+](=Cc1ccco1)c1ccc(Cl)cc1. The third kappa shape index (κ3) is 2.39. The molecule has 0 saturated carbocycles. The highest BCUT2D eigenvalue weighted by Crippen LogP contribution is 2.15. The Morgan fingerprint density at radius 3 is 2.53 bits per heavy atom. The summed E-state index contributed by atoms with van der Waals surface area (Å²) >= 11 is 5.71. The quantitative estimate of drug-likeness (QED) is 0.338. The van der Waals surface area contributed by atoms with E-state index in [0.717, 1.165) is 4.74 Å². The molecule has 0 saturated heterocycles. The van der Waals surface area contributed by atoms with Gasteiger partial charge < -0.3 is 9.62 Å². The Bertz CT molecular complexity index is 460. The summed E-state index contributed by atoms with van der Waals surface area (Å²) in [5.41, 5.74) is 0.510. The van der Waals surface area contributed by atoms with Crippen LogP contribution in [0.1, 0.15) is 5.76 Å². The van der Waals surface area contributed by atoms with Crippen LogP contribution in [0.2, 0.25) is 5.02 Å². The fourth-order valence-corrected chi connectivity index (χ4v) is 1.27. The summed E-state index contributed by atoms with van der Waals surface area (Å²) in [6.07, 6.45) is 2.88. The van der Waals surface area contributed by atoms with Crippen molar-refractivity contribution in [3.8, 4) is 0 Å². The fraction of sp³-hybridized carbons (Fsp3) is 0. The highest BCUT2D eigenvalue weighted by molar-refractivity contribution is 6.30. The smallest absolute Gasteiger partial charge is 0.223 e. The molecule has 76 valence electrons. The molecule has 1 heterocycles. The topological polar surface area (TPSA) is 39.2 Å². The van der Waals surface area contributed by atoms with E-state index >= 15 is 0 Å². The molecule has 1 aromatic heterocycles. The molecule has 0 N–H and O–H groups in total. The molecule has 0 unspecified atom stereocenters. The molecule has 3 nitrogen and oxygen atoms in total. The molecular weight excluding hydrogens is 214 g/mol. The molecule has 0 aliphatic rings. The number of halogens is 1. The van der Waals surface area contributed by atoms with Crippen molar-refractivity contribution in [1.29, 1.82) is 0 Å². The number of benzene rings is 1.